The molecule has 0 bridgehead atoms. The van der Waals surface area contributed by atoms with E-state index in [-0.39, 0.29) is 5.75 Å². The van der Waals surface area contributed by atoms with Crippen molar-refractivity contribution in [2.45, 2.75) is 12.2 Å². The van der Waals surface area contributed by atoms with Crippen molar-refractivity contribution >= 4 is 40.9 Å². The molecule has 2 rings (SSSR count). The molecule has 2 aromatic carbocycles. The van der Waals surface area contributed by atoms with Gasteiger partial charge in [0.15, 0.2) is 0 Å². The molecule has 0 aliphatic carbocycles. The maximum atomic E-state index is 13.8. The third-order valence-electron chi connectivity index (χ3n) is 3.54. The first-order chi connectivity index (χ1) is 13.2. The van der Waals surface area contributed by atoms with E-state index in [0.717, 1.165) is 17.8 Å². The Morgan fingerprint density at radius 1 is 1.04 bits per heavy atom. The third-order valence-corrected chi connectivity index (χ3v) is 4.68. The van der Waals surface area contributed by atoms with Crippen molar-refractivity contribution in [3.8, 4) is 0 Å². The van der Waals surface area contributed by atoms with Crippen LogP contribution in [0, 0.1) is 17.5 Å². The molecule has 10 heteroatoms. The Hall–Kier alpha value is -3.01. The van der Waals surface area contributed by atoms with Crippen molar-refractivity contribution in [3.63, 3.8) is 0 Å². The zero-order valence-corrected chi connectivity index (χ0v) is 15.4. The summed E-state index contributed by atoms with van der Waals surface area (Å²) in [5.74, 6) is -4.91. The Morgan fingerprint density at radius 2 is 1.68 bits per heavy atom. The van der Waals surface area contributed by atoms with Gasteiger partial charge in [0.05, 0.1) is 22.3 Å². The van der Waals surface area contributed by atoms with Gasteiger partial charge in [-0.15, -0.1) is 11.8 Å². The van der Waals surface area contributed by atoms with Gasteiger partial charge in [0, 0.05) is 11.8 Å². The Morgan fingerprint density at radius 3 is 2.29 bits per heavy atom. The number of halogens is 3. The monoisotopic (exact) mass is 411 g/mol. The summed E-state index contributed by atoms with van der Waals surface area (Å²) in [6.45, 7) is 1.49. The number of amides is 3. The summed E-state index contributed by atoms with van der Waals surface area (Å²) in [5.41, 5.74) is 4.43. The molecule has 0 saturated heterocycles. The lowest BCUT2D eigenvalue weighted by molar-refractivity contribution is -0.115. The number of hydrogen-bond donors (Lipinski definition) is 3. The van der Waals surface area contributed by atoms with Gasteiger partial charge in [0.1, 0.15) is 17.5 Å². The average Bonchev–Trinajstić information content (AvgIpc) is 2.63. The maximum Gasteiger partial charge on any atom is 0.251 e. The average molecular weight is 411 g/mol. The normalized spacial score (nSPS) is 11.6. The van der Waals surface area contributed by atoms with Gasteiger partial charge in [-0.05, 0) is 37.3 Å². The lowest BCUT2D eigenvalue weighted by atomic mass is 10.1. The van der Waals surface area contributed by atoms with Gasteiger partial charge in [0.25, 0.3) is 5.91 Å². The number of primary amides is 1. The predicted octanol–water partition coefficient (Wildman–Crippen LogP) is 2.90. The van der Waals surface area contributed by atoms with Crippen LogP contribution < -0.4 is 16.4 Å². The minimum atomic E-state index is -1.14. The summed E-state index contributed by atoms with van der Waals surface area (Å²) in [4.78, 5) is 35.2. The van der Waals surface area contributed by atoms with E-state index in [2.05, 4.69) is 10.6 Å². The van der Waals surface area contributed by atoms with E-state index in [1.165, 1.54) is 31.2 Å². The molecule has 6 nitrogen and oxygen atoms in total. The highest BCUT2D eigenvalue weighted by Crippen LogP contribution is 2.21. The highest BCUT2D eigenvalue weighted by Gasteiger charge is 2.19. The highest BCUT2D eigenvalue weighted by molar-refractivity contribution is 8.01. The molecule has 148 valence electrons. The molecule has 0 saturated carbocycles. The standard InChI is InChI=1S/C18H16F3N3O3S/c1-9(28-8-16(25)23-11-4-2-10(19)3-5-11)18(27)24-15-6-12(17(22)26)13(20)7-14(15)21/h2-7,9H,8H2,1H3,(H2,22,26)(H,23,25)(H,24,27). The van der Waals surface area contributed by atoms with Crippen molar-refractivity contribution in [2.75, 3.05) is 16.4 Å². The van der Waals surface area contributed by atoms with Gasteiger partial charge < -0.3 is 16.4 Å². The van der Waals surface area contributed by atoms with Gasteiger partial charge in [-0.3, -0.25) is 14.4 Å². The molecule has 2 aromatic rings. The van der Waals surface area contributed by atoms with Crippen molar-refractivity contribution in [2.24, 2.45) is 5.73 Å². The lowest BCUT2D eigenvalue weighted by Gasteiger charge is -2.13. The van der Waals surface area contributed by atoms with Crippen LogP contribution in [0.25, 0.3) is 0 Å². The van der Waals surface area contributed by atoms with Crippen molar-refractivity contribution in [1.82, 2.24) is 0 Å². The molecule has 0 aliphatic rings. The smallest absolute Gasteiger partial charge is 0.251 e. The molecular formula is C18H16F3N3O3S. The Balaban J connectivity index is 1.92. The fourth-order valence-corrected chi connectivity index (χ4v) is 2.76. The fourth-order valence-electron chi connectivity index (χ4n) is 2.07. The number of anilines is 2. The SMILES string of the molecule is CC(SCC(=O)Nc1ccc(F)cc1)C(=O)Nc1cc(C(N)=O)c(F)cc1F. The quantitative estimate of drug-likeness (QED) is 0.652. The van der Waals surface area contributed by atoms with Crippen LogP contribution in [0.4, 0.5) is 24.5 Å². The minimum absolute atomic E-state index is 0.0929. The number of nitrogens with one attached hydrogen (secondary N) is 2. The molecule has 0 aliphatic heterocycles. The predicted molar refractivity (Wildman–Crippen MR) is 100 cm³/mol. The molecule has 4 N–H and O–H groups in total. The van der Waals surface area contributed by atoms with E-state index in [1.54, 1.807) is 0 Å². The van der Waals surface area contributed by atoms with E-state index >= 15 is 0 Å². The highest BCUT2D eigenvalue weighted by atomic mass is 32.2. The molecule has 1 atom stereocenters. The molecule has 0 aromatic heterocycles. The van der Waals surface area contributed by atoms with Crippen LogP contribution in [0.2, 0.25) is 0 Å². The zero-order valence-electron chi connectivity index (χ0n) is 14.6. The van der Waals surface area contributed by atoms with E-state index in [0.29, 0.717) is 11.8 Å². The van der Waals surface area contributed by atoms with Crippen molar-refractivity contribution in [1.29, 1.82) is 0 Å². The minimum Gasteiger partial charge on any atom is -0.366 e. The molecule has 0 fully saturated rings. The Kier molecular flexibility index (Phi) is 7.05. The number of rotatable bonds is 7. The van der Waals surface area contributed by atoms with E-state index in [4.69, 9.17) is 5.73 Å². The summed E-state index contributed by atoms with van der Waals surface area (Å²) < 4.78 is 40.1. The van der Waals surface area contributed by atoms with E-state index in [9.17, 15) is 27.6 Å². The maximum absolute atomic E-state index is 13.8. The number of nitrogens with two attached hydrogens (primary N) is 1. The van der Waals surface area contributed by atoms with Crippen molar-refractivity contribution in [3.05, 3.63) is 59.4 Å². The third kappa shape index (κ3) is 5.74. The molecule has 0 spiro atoms. The second-order valence-corrected chi connectivity index (χ2v) is 7.00. The topological polar surface area (TPSA) is 101 Å². The molecule has 1 unspecified atom stereocenters. The number of hydrogen-bond acceptors (Lipinski definition) is 4. The first kappa shape index (κ1) is 21.3. The summed E-state index contributed by atoms with van der Waals surface area (Å²) in [7, 11) is 0. The van der Waals surface area contributed by atoms with Crippen LogP contribution in [0.1, 0.15) is 17.3 Å². The molecule has 28 heavy (non-hydrogen) atoms. The number of benzene rings is 2. The first-order valence-electron chi connectivity index (χ1n) is 7.94. The van der Waals surface area contributed by atoms with Crippen LogP contribution >= 0.6 is 11.8 Å². The van der Waals surface area contributed by atoms with Gasteiger partial charge in [0.2, 0.25) is 11.8 Å². The number of thioether (sulfide) groups is 1. The summed E-state index contributed by atoms with van der Waals surface area (Å²) >= 11 is 0.967. The molecule has 3 amide bonds. The Labute approximate surface area is 162 Å². The van der Waals surface area contributed by atoms with E-state index < -0.39 is 51.7 Å². The van der Waals surface area contributed by atoms with Crippen LogP contribution in [-0.4, -0.2) is 28.7 Å². The second kappa shape index (κ2) is 9.27. The van der Waals surface area contributed by atoms with Gasteiger partial charge in [-0.25, -0.2) is 13.2 Å². The number of carbonyl (C=O) groups excluding carboxylic acids is 3. The largest absolute Gasteiger partial charge is 0.366 e. The zero-order chi connectivity index (χ0) is 20.8. The fraction of sp³-hybridized carbons (Fsp3) is 0.167. The van der Waals surface area contributed by atoms with Crippen LogP contribution in [0.3, 0.4) is 0 Å². The van der Waals surface area contributed by atoms with Crippen molar-refractivity contribution < 1.29 is 27.6 Å². The number of carbonyl (C=O) groups is 3. The van der Waals surface area contributed by atoms with Gasteiger partial charge in [-0.1, -0.05) is 0 Å². The summed E-state index contributed by atoms with van der Waals surface area (Å²) in [6.07, 6.45) is 0. The second-order valence-electron chi connectivity index (χ2n) is 5.67. The molecular weight excluding hydrogens is 395 g/mol. The first-order valence-corrected chi connectivity index (χ1v) is 8.99. The van der Waals surface area contributed by atoms with E-state index in [1.807, 2.05) is 0 Å². The van der Waals surface area contributed by atoms with Gasteiger partial charge >= 0.3 is 0 Å². The summed E-state index contributed by atoms with van der Waals surface area (Å²) in [5, 5.41) is 4.00. The Bertz CT molecular complexity index is 907. The molecule has 0 heterocycles. The molecule has 0 radical (unpaired) electrons. The summed E-state index contributed by atoms with van der Waals surface area (Å²) in [6, 6.07) is 6.42. The van der Waals surface area contributed by atoms with Crippen LogP contribution in [-0.2, 0) is 9.59 Å². The van der Waals surface area contributed by atoms with Crippen LogP contribution in [0.15, 0.2) is 36.4 Å². The van der Waals surface area contributed by atoms with Gasteiger partial charge in [-0.2, -0.15) is 0 Å². The van der Waals surface area contributed by atoms with Crippen LogP contribution in [0.5, 0.6) is 0 Å². The lowest BCUT2D eigenvalue weighted by Crippen LogP contribution is -2.26.